The second kappa shape index (κ2) is 9.36. The third-order valence-corrected chi connectivity index (χ3v) is 6.73. The van der Waals surface area contributed by atoms with E-state index in [1.165, 1.54) is 32.6 Å². The Bertz CT molecular complexity index is 1110. The topological polar surface area (TPSA) is 112 Å². The zero-order valence-corrected chi connectivity index (χ0v) is 19.9. The molecule has 2 aliphatic rings. The van der Waals surface area contributed by atoms with Crippen molar-refractivity contribution in [2.24, 2.45) is 0 Å². The zero-order chi connectivity index (χ0) is 24.5. The maximum absolute atomic E-state index is 13.8. The van der Waals surface area contributed by atoms with Crippen molar-refractivity contribution in [2.75, 3.05) is 21.3 Å². The van der Waals surface area contributed by atoms with Crippen LogP contribution in [-0.2, 0) is 22.6 Å². The van der Waals surface area contributed by atoms with E-state index in [-0.39, 0.29) is 36.4 Å². The third-order valence-electron chi connectivity index (χ3n) is 6.73. The summed E-state index contributed by atoms with van der Waals surface area (Å²) in [5, 5.41) is 3.13. The number of hydrogen-bond acceptors (Lipinski definition) is 7. The molecule has 2 aromatic rings. The molecule has 0 bridgehead atoms. The van der Waals surface area contributed by atoms with Crippen LogP contribution in [0.2, 0.25) is 0 Å². The number of nitrogens with one attached hydrogen (secondary N) is 1. The molecule has 1 aliphatic carbocycles. The van der Waals surface area contributed by atoms with E-state index < -0.39 is 17.4 Å². The van der Waals surface area contributed by atoms with E-state index in [1.54, 1.807) is 23.6 Å². The van der Waals surface area contributed by atoms with Gasteiger partial charge in [-0.2, -0.15) is 0 Å². The normalized spacial score (nSPS) is 20.1. The van der Waals surface area contributed by atoms with E-state index in [1.807, 2.05) is 6.07 Å². The highest BCUT2D eigenvalue weighted by Crippen LogP contribution is 2.36. The first-order chi connectivity index (χ1) is 16.3. The lowest BCUT2D eigenvalue weighted by Gasteiger charge is -2.44. The molecule has 182 valence electrons. The van der Waals surface area contributed by atoms with Crippen molar-refractivity contribution in [3.63, 3.8) is 0 Å². The summed E-state index contributed by atoms with van der Waals surface area (Å²) in [6.45, 7) is 1.95. The first-order valence-electron chi connectivity index (χ1n) is 11.3. The number of methoxy groups -OCH3 is 3. The fourth-order valence-electron chi connectivity index (χ4n) is 4.84. The van der Waals surface area contributed by atoms with Gasteiger partial charge in [-0.05, 0) is 25.8 Å². The molecule has 4 rings (SSSR count). The van der Waals surface area contributed by atoms with Gasteiger partial charge in [0.15, 0.2) is 17.2 Å². The standard InChI is InChI=1S/C24H30N4O6/c1-24(23(31)26-16-9-5-6-10-16)13-27-14-25-18(22(30)34-4)19(27)21(29)28(24)12-15-8-7-11-17(32-2)20(15)33-3/h7-8,11,14,16H,5-6,9-10,12-13H2,1-4H3,(H,26,31)/t24-/m0/s1. The number of carbonyl (C=O) groups is 3. The lowest BCUT2D eigenvalue weighted by Crippen LogP contribution is -2.64. The molecular formula is C24H30N4O6. The van der Waals surface area contributed by atoms with Gasteiger partial charge in [-0.1, -0.05) is 25.0 Å². The summed E-state index contributed by atoms with van der Waals surface area (Å²) >= 11 is 0. The molecule has 1 N–H and O–H groups in total. The number of imidazole rings is 1. The molecule has 0 spiro atoms. The van der Waals surface area contributed by atoms with Crippen molar-refractivity contribution in [3.05, 3.63) is 41.5 Å². The molecule has 2 heterocycles. The van der Waals surface area contributed by atoms with Gasteiger partial charge in [0, 0.05) is 11.6 Å². The highest BCUT2D eigenvalue weighted by Gasteiger charge is 2.49. The van der Waals surface area contributed by atoms with E-state index in [4.69, 9.17) is 14.2 Å². The summed E-state index contributed by atoms with van der Waals surface area (Å²) in [6, 6.07) is 5.46. The molecule has 0 unspecified atom stereocenters. The molecule has 1 atom stereocenters. The van der Waals surface area contributed by atoms with Crippen molar-refractivity contribution in [1.29, 1.82) is 0 Å². The van der Waals surface area contributed by atoms with Gasteiger partial charge < -0.3 is 29.0 Å². The Morgan fingerprint density at radius 3 is 2.56 bits per heavy atom. The van der Waals surface area contributed by atoms with Crippen molar-refractivity contribution >= 4 is 17.8 Å². The van der Waals surface area contributed by atoms with Crippen LogP contribution in [0.15, 0.2) is 24.5 Å². The minimum absolute atomic E-state index is 0.0690. The van der Waals surface area contributed by atoms with Crippen LogP contribution < -0.4 is 14.8 Å². The molecule has 1 aliphatic heterocycles. The van der Waals surface area contributed by atoms with Crippen molar-refractivity contribution in [2.45, 2.75) is 57.3 Å². The van der Waals surface area contributed by atoms with Crippen LogP contribution >= 0.6 is 0 Å². The minimum atomic E-state index is -1.23. The Labute approximate surface area is 198 Å². The van der Waals surface area contributed by atoms with E-state index in [0.29, 0.717) is 17.1 Å². The van der Waals surface area contributed by atoms with Crippen LogP contribution in [0.4, 0.5) is 0 Å². The molecule has 1 fully saturated rings. The predicted molar refractivity (Wildman–Crippen MR) is 122 cm³/mol. The molecule has 1 saturated carbocycles. The van der Waals surface area contributed by atoms with Gasteiger partial charge in [0.25, 0.3) is 5.91 Å². The monoisotopic (exact) mass is 470 g/mol. The number of nitrogens with zero attached hydrogens (tertiary/aromatic N) is 3. The van der Waals surface area contributed by atoms with Crippen LogP contribution in [0.3, 0.4) is 0 Å². The minimum Gasteiger partial charge on any atom is -0.493 e. The summed E-state index contributed by atoms with van der Waals surface area (Å²) in [5.74, 6) is -0.447. The SMILES string of the molecule is COC(=O)c1ncn2c1C(=O)N(Cc1cccc(OC)c1OC)[C@](C)(C(=O)NC1CCCC1)C2. The maximum Gasteiger partial charge on any atom is 0.359 e. The van der Waals surface area contributed by atoms with Crippen molar-refractivity contribution in [1.82, 2.24) is 19.8 Å². The third kappa shape index (κ3) is 3.97. The largest absolute Gasteiger partial charge is 0.493 e. The van der Waals surface area contributed by atoms with Gasteiger partial charge in [0.05, 0.1) is 40.7 Å². The molecule has 0 saturated heterocycles. The number of benzene rings is 1. The number of rotatable bonds is 7. The van der Waals surface area contributed by atoms with E-state index in [0.717, 1.165) is 25.7 Å². The van der Waals surface area contributed by atoms with E-state index >= 15 is 0 Å². The van der Waals surface area contributed by atoms with Gasteiger partial charge in [-0.15, -0.1) is 0 Å². The van der Waals surface area contributed by atoms with Crippen LogP contribution in [0.25, 0.3) is 0 Å². The van der Waals surface area contributed by atoms with Crippen LogP contribution in [0, 0.1) is 0 Å². The number of carbonyl (C=O) groups excluding carboxylic acids is 3. The fraction of sp³-hybridized carbons (Fsp3) is 0.500. The zero-order valence-electron chi connectivity index (χ0n) is 19.9. The van der Waals surface area contributed by atoms with E-state index in [2.05, 4.69) is 10.3 Å². The number of fused-ring (bicyclic) bond motifs is 1. The fourth-order valence-corrected chi connectivity index (χ4v) is 4.84. The average Bonchev–Trinajstić information content (AvgIpc) is 3.50. The lowest BCUT2D eigenvalue weighted by atomic mass is 9.92. The molecule has 10 nitrogen and oxygen atoms in total. The molecule has 1 aromatic carbocycles. The average molecular weight is 471 g/mol. The van der Waals surface area contributed by atoms with Crippen LogP contribution in [0.5, 0.6) is 11.5 Å². The lowest BCUT2D eigenvalue weighted by molar-refractivity contribution is -0.134. The van der Waals surface area contributed by atoms with Crippen molar-refractivity contribution in [3.8, 4) is 11.5 Å². The van der Waals surface area contributed by atoms with Gasteiger partial charge in [-0.25, -0.2) is 9.78 Å². The maximum atomic E-state index is 13.8. The summed E-state index contributed by atoms with van der Waals surface area (Å²) in [6.07, 6.45) is 5.38. The highest BCUT2D eigenvalue weighted by atomic mass is 16.5. The second-order valence-corrected chi connectivity index (χ2v) is 8.83. The quantitative estimate of drug-likeness (QED) is 0.617. The Morgan fingerprint density at radius 1 is 1.18 bits per heavy atom. The number of hydrogen-bond donors (Lipinski definition) is 1. The first-order valence-corrected chi connectivity index (χ1v) is 11.3. The summed E-state index contributed by atoms with van der Waals surface area (Å²) in [7, 11) is 4.29. The van der Waals surface area contributed by atoms with Crippen molar-refractivity contribution < 1.29 is 28.6 Å². The molecule has 10 heteroatoms. The highest BCUT2D eigenvalue weighted by molar-refractivity contribution is 6.06. The van der Waals surface area contributed by atoms with Gasteiger partial charge in [-0.3, -0.25) is 9.59 Å². The van der Waals surface area contributed by atoms with Crippen LogP contribution in [0.1, 0.15) is 59.1 Å². The molecule has 2 amide bonds. The Kier molecular flexibility index (Phi) is 6.49. The Morgan fingerprint density at radius 2 is 1.91 bits per heavy atom. The number of ether oxygens (including phenoxy) is 3. The molecular weight excluding hydrogens is 440 g/mol. The predicted octanol–water partition coefficient (Wildman–Crippen LogP) is 2.16. The Hall–Kier alpha value is -3.56. The smallest absolute Gasteiger partial charge is 0.359 e. The molecule has 0 radical (unpaired) electrons. The Balaban J connectivity index is 1.77. The van der Waals surface area contributed by atoms with Gasteiger partial charge in [0.1, 0.15) is 11.2 Å². The molecule has 1 aromatic heterocycles. The molecule has 34 heavy (non-hydrogen) atoms. The number of esters is 1. The van der Waals surface area contributed by atoms with E-state index in [9.17, 15) is 14.4 Å². The number of amides is 2. The summed E-state index contributed by atoms with van der Waals surface area (Å²) in [4.78, 5) is 45.3. The van der Waals surface area contributed by atoms with Gasteiger partial charge >= 0.3 is 5.97 Å². The number of aromatic nitrogens is 2. The number of para-hydroxylation sites is 1. The summed E-state index contributed by atoms with van der Waals surface area (Å²) in [5.41, 5.74) is -0.537. The van der Waals surface area contributed by atoms with Crippen LogP contribution in [-0.4, -0.2) is 65.1 Å². The van der Waals surface area contributed by atoms with Gasteiger partial charge in [0.2, 0.25) is 5.91 Å². The second-order valence-electron chi connectivity index (χ2n) is 8.83. The first kappa shape index (κ1) is 23.6. The summed E-state index contributed by atoms with van der Waals surface area (Å²) < 4.78 is 17.3.